The summed E-state index contributed by atoms with van der Waals surface area (Å²) in [6, 6.07) is 12.8. The molecule has 0 bridgehead atoms. The summed E-state index contributed by atoms with van der Waals surface area (Å²) in [4.78, 5) is 13.1. The van der Waals surface area contributed by atoms with E-state index >= 15 is 0 Å². The van der Waals surface area contributed by atoms with Crippen LogP contribution in [0.4, 0.5) is 0 Å². The van der Waals surface area contributed by atoms with Crippen LogP contribution in [0.25, 0.3) is 0 Å². The van der Waals surface area contributed by atoms with Crippen molar-refractivity contribution in [2.75, 3.05) is 26.2 Å². The average Bonchev–Trinajstić information content (AvgIpc) is 3.25. The third-order valence-corrected chi connectivity index (χ3v) is 9.47. The zero-order valence-corrected chi connectivity index (χ0v) is 22.4. The first-order chi connectivity index (χ1) is 17.0. The SMILES string of the molecule is CC#CCN(CC(=O)OC1CN(S(=O)(=O)c2ccc(C)cc2)C/C1=C\C)S(=O)(=O)c1ccc(C)cc1. The van der Waals surface area contributed by atoms with Crippen LogP contribution in [-0.4, -0.2) is 63.7 Å². The molecule has 2 aromatic rings. The molecule has 1 atom stereocenters. The van der Waals surface area contributed by atoms with Crippen molar-refractivity contribution in [3.8, 4) is 11.8 Å². The van der Waals surface area contributed by atoms with Crippen LogP contribution in [0.15, 0.2) is 70.0 Å². The number of sulfonamides is 2. The number of rotatable bonds is 8. The molecule has 10 heteroatoms. The molecule has 3 rings (SSSR count). The average molecular weight is 531 g/mol. The van der Waals surface area contributed by atoms with Crippen LogP contribution in [0.2, 0.25) is 0 Å². The molecule has 1 unspecified atom stereocenters. The molecule has 0 spiro atoms. The van der Waals surface area contributed by atoms with Gasteiger partial charge in [0.05, 0.1) is 22.9 Å². The molecule has 0 aliphatic carbocycles. The second kappa shape index (κ2) is 11.4. The van der Waals surface area contributed by atoms with Gasteiger partial charge in [-0.15, -0.1) is 5.92 Å². The van der Waals surface area contributed by atoms with Crippen molar-refractivity contribution in [1.82, 2.24) is 8.61 Å². The van der Waals surface area contributed by atoms with Crippen molar-refractivity contribution in [1.29, 1.82) is 0 Å². The van der Waals surface area contributed by atoms with Gasteiger partial charge in [0.1, 0.15) is 12.6 Å². The van der Waals surface area contributed by atoms with E-state index in [-0.39, 0.29) is 29.4 Å². The molecule has 0 aromatic heterocycles. The molecular formula is C26H30N2O6S2. The van der Waals surface area contributed by atoms with E-state index in [1.54, 1.807) is 56.3 Å². The fourth-order valence-corrected chi connectivity index (χ4v) is 6.41. The fraction of sp³-hybridized carbons (Fsp3) is 0.346. The van der Waals surface area contributed by atoms with Crippen molar-refractivity contribution in [3.63, 3.8) is 0 Å². The van der Waals surface area contributed by atoms with Crippen molar-refractivity contribution in [3.05, 3.63) is 71.3 Å². The maximum absolute atomic E-state index is 13.2. The molecule has 0 radical (unpaired) electrons. The number of ether oxygens (including phenoxy) is 1. The van der Waals surface area contributed by atoms with Gasteiger partial charge in [0, 0.05) is 6.54 Å². The number of aryl methyl sites for hydroxylation is 2. The topological polar surface area (TPSA) is 101 Å². The van der Waals surface area contributed by atoms with Crippen LogP contribution < -0.4 is 0 Å². The van der Waals surface area contributed by atoms with Gasteiger partial charge < -0.3 is 4.74 Å². The number of hydrogen-bond donors (Lipinski definition) is 0. The molecule has 1 aliphatic heterocycles. The summed E-state index contributed by atoms with van der Waals surface area (Å²) in [5.41, 5.74) is 2.47. The second-order valence-electron chi connectivity index (χ2n) is 8.47. The minimum Gasteiger partial charge on any atom is -0.455 e. The summed E-state index contributed by atoms with van der Waals surface area (Å²) >= 11 is 0. The van der Waals surface area contributed by atoms with Crippen molar-refractivity contribution in [2.24, 2.45) is 0 Å². The van der Waals surface area contributed by atoms with Gasteiger partial charge in [-0.3, -0.25) is 4.79 Å². The summed E-state index contributed by atoms with van der Waals surface area (Å²) in [6.45, 7) is 6.32. The van der Waals surface area contributed by atoms with E-state index in [4.69, 9.17) is 4.74 Å². The Morgan fingerprint density at radius 3 is 2.11 bits per heavy atom. The molecule has 1 aliphatic rings. The van der Waals surface area contributed by atoms with E-state index in [9.17, 15) is 21.6 Å². The molecule has 1 saturated heterocycles. The van der Waals surface area contributed by atoms with E-state index in [2.05, 4.69) is 11.8 Å². The van der Waals surface area contributed by atoms with Crippen LogP contribution in [0.3, 0.4) is 0 Å². The summed E-state index contributed by atoms with van der Waals surface area (Å²) in [5, 5.41) is 0. The predicted octanol–water partition coefficient (Wildman–Crippen LogP) is 2.88. The Morgan fingerprint density at radius 1 is 1.03 bits per heavy atom. The Morgan fingerprint density at radius 2 is 1.58 bits per heavy atom. The first-order valence-corrected chi connectivity index (χ1v) is 14.2. The Bertz CT molecular complexity index is 1400. The summed E-state index contributed by atoms with van der Waals surface area (Å²) < 4.78 is 60.3. The molecule has 36 heavy (non-hydrogen) atoms. The number of carbonyl (C=O) groups is 1. The highest BCUT2D eigenvalue weighted by atomic mass is 32.2. The van der Waals surface area contributed by atoms with Crippen molar-refractivity contribution in [2.45, 2.75) is 43.6 Å². The van der Waals surface area contributed by atoms with Gasteiger partial charge in [-0.05, 0) is 57.5 Å². The fourth-order valence-electron chi connectivity index (χ4n) is 3.70. The Hall–Kier alpha value is -2.97. The molecule has 0 saturated carbocycles. The highest BCUT2D eigenvalue weighted by Crippen LogP contribution is 2.27. The highest BCUT2D eigenvalue weighted by molar-refractivity contribution is 7.89. The standard InChI is InChI=1S/C26H30N2O6S2/c1-5-7-16-27(35(30,31)23-12-8-20(3)9-13-23)19-26(29)34-25-18-28(17-22(25)6-2)36(32,33)24-14-10-21(4)11-15-24/h6,8-15,25H,16-19H2,1-4H3/b22-6+. The third-order valence-electron chi connectivity index (χ3n) is 5.84. The van der Waals surface area contributed by atoms with Gasteiger partial charge in [0.15, 0.2) is 0 Å². The molecule has 1 fully saturated rings. The predicted molar refractivity (Wildman–Crippen MR) is 137 cm³/mol. The van der Waals surface area contributed by atoms with E-state index in [1.165, 1.54) is 16.4 Å². The minimum absolute atomic E-state index is 0.0455. The Labute approximate surface area is 213 Å². The maximum Gasteiger partial charge on any atom is 0.321 e. The molecule has 0 amide bonds. The second-order valence-corrected chi connectivity index (χ2v) is 12.3. The van der Waals surface area contributed by atoms with Gasteiger partial charge in [-0.2, -0.15) is 8.61 Å². The normalized spacial score (nSPS) is 17.7. The van der Waals surface area contributed by atoms with Crippen LogP contribution in [0.1, 0.15) is 25.0 Å². The maximum atomic E-state index is 13.2. The van der Waals surface area contributed by atoms with Gasteiger partial charge in [0.25, 0.3) is 0 Å². The number of carbonyl (C=O) groups excluding carboxylic acids is 1. The lowest BCUT2D eigenvalue weighted by Gasteiger charge is -2.21. The molecule has 8 nitrogen and oxygen atoms in total. The highest BCUT2D eigenvalue weighted by Gasteiger charge is 2.38. The Balaban J connectivity index is 1.76. The largest absolute Gasteiger partial charge is 0.455 e. The van der Waals surface area contributed by atoms with Crippen molar-refractivity contribution < 1.29 is 26.4 Å². The quantitative estimate of drug-likeness (QED) is 0.296. The minimum atomic E-state index is -4.00. The van der Waals surface area contributed by atoms with Gasteiger partial charge >= 0.3 is 5.97 Å². The van der Waals surface area contributed by atoms with E-state index in [1.807, 2.05) is 13.8 Å². The van der Waals surface area contributed by atoms with Gasteiger partial charge in [-0.1, -0.05) is 47.4 Å². The molecule has 1 heterocycles. The Kier molecular flexibility index (Phi) is 8.74. The smallest absolute Gasteiger partial charge is 0.321 e. The number of benzene rings is 2. The summed E-state index contributed by atoms with van der Waals surface area (Å²) in [5.74, 6) is 4.55. The summed E-state index contributed by atoms with van der Waals surface area (Å²) in [6.07, 6.45) is 0.898. The first-order valence-electron chi connectivity index (χ1n) is 11.4. The first kappa shape index (κ1) is 27.6. The van der Waals surface area contributed by atoms with E-state index < -0.39 is 38.7 Å². The lowest BCUT2D eigenvalue weighted by molar-refractivity contribution is -0.146. The van der Waals surface area contributed by atoms with E-state index in [0.29, 0.717) is 5.57 Å². The van der Waals surface area contributed by atoms with Crippen LogP contribution in [-0.2, 0) is 29.6 Å². The lowest BCUT2D eigenvalue weighted by atomic mass is 10.2. The van der Waals surface area contributed by atoms with Crippen LogP contribution in [0, 0.1) is 25.7 Å². The number of nitrogens with zero attached hydrogens (tertiary/aromatic N) is 2. The molecule has 192 valence electrons. The van der Waals surface area contributed by atoms with E-state index in [0.717, 1.165) is 15.4 Å². The zero-order valence-electron chi connectivity index (χ0n) is 20.8. The number of hydrogen-bond acceptors (Lipinski definition) is 6. The molecule has 2 aromatic carbocycles. The van der Waals surface area contributed by atoms with Crippen LogP contribution in [0.5, 0.6) is 0 Å². The van der Waals surface area contributed by atoms with Gasteiger partial charge in [0.2, 0.25) is 20.0 Å². The summed E-state index contributed by atoms with van der Waals surface area (Å²) in [7, 11) is -7.79. The number of allylic oxidation sites excluding steroid dienone is 1. The molecular weight excluding hydrogens is 500 g/mol. The number of esters is 1. The zero-order chi connectivity index (χ0) is 26.5. The lowest BCUT2D eigenvalue weighted by Crippen LogP contribution is -2.38. The monoisotopic (exact) mass is 530 g/mol. The molecule has 0 N–H and O–H groups in total. The van der Waals surface area contributed by atoms with Gasteiger partial charge in [-0.25, -0.2) is 16.8 Å². The third kappa shape index (κ3) is 6.23. The van der Waals surface area contributed by atoms with Crippen LogP contribution >= 0.6 is 0 Å². The van der Waals surface area contributed by atoms with Crippen molar-refractivity contribution >= 4 is 26.0 Å².